The molecule has 4 heteroatoms. The van der Waals surface area contributed by atoms with Crippen molar-refractivity contribution < 1.29 is 4.79 Å². The number of nitrogens with two attached hydrogens (primary N) is 1. The van der Waals surface area contributed by atoms with Gasteiger partial charge in [0.1, 0.15) is 6.29 Å². The molecule has 0 radical (unpaired) electrons. The molecule has 0 heterocycles. The molecular formula is C14H13Cl2NO. The third-order valence-electron chi connectivity index (χ3n) is 2.66. The second kappa shape index (κ2) is 6.55. The number of rotatable bonds is 3. The van der Waals surface area contributed by atoms with Crippen molar-refractivity contribution in [1.82, 2.24) is 0 Å². The van der Waals surface area contributed by atoms with Gasteiger partial charge in [-0.1, -0.05) is 48.0 Å². The number of aldehydes is 1. The highest BCUT2D eigenvalue weighted by Crippen LogP contribution is 2.21. The molecule has 94 valence electrons. The van der Waals surface area contributed by atoms with E-state index in [1.165, 1.54) is 0 Å². The van der Waals surface area contributed by atoms with E-state index in [9.17, 15) is 4.79 Å². The Morgan fingerprint density at radius 3 is 1.83 bits per heavy atom. The Hall–Kier alpha value is -1.35. The molecule has 0 saturated heterocycles. The maximum Gasteiger partial charge on any atom is 0.150 e. The quantitative estimate of drug-likeness (QED) is 0.874. The molecule has 0 fully saturated rings. The van der Waals surface area contributed by atoms with Gasteiger partial charge in [-0.25, -0.2) is 0 Å². The maximum atomic E-state index is 10.5. The number of carbonyl (C=O) groups is 1. The molecule has 1 unspecified atom stereocenters. The van der Waals surface area contributed by atoms with Crippen LogP contribution in [0.25, 0.3) is 0 Å². The lowest BCUT2D eigenvalue weighted by Crippen LogP contribution is -2.11. The first-order chi connectivity index (χ1) is 8.20. The van der Waals surface area contributed by atoms with Crippen molar-refractivity contribution in [2.75, 3.05) is 0 Å². The van der Waals surface area contributed by atoms with E-state index in [2.05, 4.69) is 0 Å². The summed E-state index contributed by atoms with van der Waals surface area (Å²) in [7, 11) is 0. The van der Waals surface area contributed by atoms with E-state index in [1.54, 1.807) is 12.1 Å². The molecule has 0 aliphatic heterocycles. The highest BCUT2D eigenvalue weighted by atomic mass is 35.5. The number of carbonyl (C=O) groups excluding carboxylic acids is 1. The molecular weight excluding hydrogens is 269 g/mol. The summed E-state index contributed by atoms with van der Waals surface area (Å²) in [5.74, 6) is 0. The minimum Gasteiger partial charge on any atom is -0.320 e. The smallest absolute Gasteiger partial charge is 0.150 e. The summed E-state index contributed by atoms with van der Waals surface area (Å²) < 4.78 is 0. The van der Waals surface area contributed by atoms with E-state index in [0.717, 1.165) is 17.4 Å². The van der Waals surface area contributed by atoms with Crippen LogP contribution >= 0.6 is 24.0 Å². The number of benzene rings is 2. The Labute approximate surface area is 117 Å². The molecule has 0 aliphatic rings. The summed E-state index contributed by atoms with van der Waals surface area (Å²) in [5, 5.41) is 0.692. The summed E-state index contributed by atoms with van der Waals surface area (Å²) in [6, 6.07) is 14.5. The van der Waals surface area contributed by atoms with E-state index in [1.807, 2.05) is 36.4 Å². The zero-order valence-corrected chi connectivity index (χ0v) is 11.1. The molecule has 0 amide bonds. The lowest BCUT2D eigenvalue weighted by atomic mass is 9.99. The van der Waals surface area contributed by atoms with Crippen molar-refractivity contribution in [3.63, 3.8) is 0 Å². The fraction of sp³-hybridized carbons (Fsp3) is 0.0714. The summed E-state index contributed by atoms with van der Waals surface area (Å²) >= 11 is 5.82. The van der Waals surface area contributed by atoms with E-state index in [0.29, 0.717) is 10.6 Å². The topological polar surface area (TPSA) is 43.1 Å². The van der Waals surface area contributed by atoms with Gasteiger partial charge in [-0.05, 0) is 23.3 Å². The third-order valence-corrected chi connectivity index (χ3v) is 2.91. The Kier molecular flexibility index (Phi) is 5.35. The third kappa shape index (κ3) is 3.33. The van der Waals surface area contributed by atoms with Crippen LogP contribution in [0.15, 0.2) is 48.5 Å². The molecule has 0 aromatic heterocycles. The van der Waals surface area contributed by atoms with Crippen molar-refractivity contribution in [1.29, 1.82) is 0 Å². The van der Waals surface area contributed by atoms with Gasteiger partial charge in [0.2, 0.25) is 0 Å². The first-order valence-electron chi connectivity index (χ1n) is 5.27. The second-order valence-electron chi connectivity index (χ2n) is 3.81. The van der Waals surface area contributed by atoms with Crippen molar-refractivity contribution in [3.8, 4) is 0 Å². The molecule has 2 rings (SSSR count). The minimum atomic E-state index is -0.201. The summed E-state index contributed by atoms with van der Waals surface area (Å²) in [6.07, 6.45) is 0.817. The van der Waals surface area contributed by atoms with Gasteiger partial charge in [0, 0.05) is 10.6 Å². The number of hydrogen-bond acceptors (Lipinski definition) is 2. The van der Waals surface area contributed by atoms with Gasteiger partial charge in [0.15, 0.2) is 0 Å². The molecule has 2 aromatic carbocycles. The monoisotopic (exact) mass is 281 g/mol. The second-order valence-corrected chi connectivity index (χ2v) is 4.25. The van der Waals surface area contributed by atoms with Crippen LogP contribution in [-0.2, 0) is 0 Å². The van der Waals surface area contributed by atoms with E-state index in [-0.39, 0.29) is 18.4 Å². The predicted octanol–water partition coefficient (Wildman–Crippen LogP) is 3.62. The van der Waals surface area contributed by atoms with Crippen molar-refractivity contribution in [2.24, 2.45) is 5.73 Å². The SMILES string of the molecule is Cl.NC(c1ccc(Cl)cc1)c1ccc(C=O)cc1. The van der Waals surface area contributed by atoms with Gasteiger partial charge in [0.25, 0.3) is 0 Å². The zero-order chi connectivity index (χ0) is 12.3. The van der Waals surface area contributed by atoms with Crippen molar-refractivity contribution in [2.45, 2.75) is 6.04 Å². The fourth-order valence-corrected chi connectivity index (χ4v) is 1.77. The molecule has 2 nitrogen and oxygen atoms in total. The molecule has 2 aromatic rings. The van der Waals surface area contributed by atoms with E-state index < -0.39 is 0 Å². The van der Waals surface area contributed by atoms with Crippen LogP contribution in [0.4, 0.5) is 0 Å². The van der Waals surface area contributed by atoms with Crippen LogP contribution in [0, 0.1) is 0 Å². The highest BCUT2D eigenvalue weighted by Gasteiger charge is 2.08. The molecule has 2 N–H and O–H groups in total. The van der Waals surface area contributed by atoms with Crippen LogP contribution in [0.2, 0.25) is 5.02 Å². The van der Waals surface area contributed by atoms with Crippen molar-refractivity contribution in [3.05, 3.63) is 70.2 Å². The minimum absolute atomic E-state index is 0. The Morgan fingerprint density at radius 1 is 0.944 bits per heavy atom. The lowest BCUT2D eigenvalue weighted by Gasteiger charge is -2.12. The van der Waals surface area contributed by atoms with Gasteiger partial charge < -0.3 is 5.73 Å². The summed E-state index contributed by atoms with van der Waals surface area (Å²) in [5.41, 5.74) is 8.74. The maximum absolute atomic E-state index is 10.5. The Morgan fingerprint density at radius 2 is 1.39 bits per heavy atom. The number of halogens is 2. The first-order valence-corrected chi connectivity index (χ1v) is 5.64. The van der Waals surface area contributed by atoms with Crippen LogP contribution in [0.3, 0.4) is 0 Å². The van der Waals surface area contributed by atoms with Crippen LogP contribution < -0.4 is 5.73 Å². The molecule has 0 spiro atoms. The average Bonchev–Trinajstić information content (AvgIpc) is 2.39. The van der Waals surface area contributed by atoms with Crippen molar-refractivity contribution >= 4 is 30.3 Å². The number of hydrogen-bond donors (Lipinski definition) is 1. The van der Waals surface area contributed by atoms with Gasteiger partial charge in [-0.15, -0.1) is 12.4 Å². The largest absolute Gasteiger partial charge is 0.320 e. The molecule has 0 aliphatic carbocycles. The zero-order valence-electron chi connectivity index (χ0n) is 9.55. The molecule has 0 saturated carbocycles. The Balaban J connectivity index is 0.00000162. The van der Waals surface area contributed by atoms with E-state index in [4.69, 9.17) is 17.3 Å². The summed E-state index contributed by atoms with van der Waals surface area (Å²) in [4.78, 5) is 10.5. The van der Waals surface area contributed by atoms with Gasteiger partial charge in [-0.3, -0.25) is 4.79 Å². The average molecular weight is 282 g/mol. The summed E-state index contributed by atoms with van der Waals surface area (Å²) in [6.45, 7) is 0. The van der Waals surface area contributed by atoms with Crippen LogP contribution in [0.5, 0.6) is 0 Å². The van der Waals surface area contributed by atoms with Gasteiger partial charge in [-0.2, -0.15) is 0 Å². The normalized spacial score (nSPS) is 11.4. The molecule has 18 heavy (non-hydrogen) atoms. The predicted molar refractivity (Wildman–Crippen MR) is 76.6 cm³/mol. The molecule has 0 bridgehead atoms. The van der Waals surface area contributed by atoms with E-state index >= 15 is 0 Å². The highest BCUT2D eigenvalue weighted by molar-refractivity contribution is 6.30. The lowest BCUT2D eigenvalue weighted by molar-refractivity contribution is 0.112. The van der Waals surface area contributed by atoms with Gasteiger partial charge >= 0.3 is 0 Å². The molecule has 1 atom stereocenters. The van der Waals surface area contributed by atoms with Gasteiger partial charge in [0.05, 0.1) is 6.04 Å². The fourth-order valence-electron chi connectivity index (χ4n) is 1.64. The van der Waals surface area contributed by atoms with Crippen LogP contribution in [0.1, 0.15) is 27.5 Å². The first kappa shape index (κ1) is 14.7. The van der Waals surface area contributed by atoms with Crippen LogP contribution in [-0.4, -0.2) is 6.29 Å². The standard InChI is InChI=1S/C14H12ClNO.ClH/c15-13-7-5-12(6-8-13)14(16)11-3-1-10(9-17)2-4-11;/h1-9,14H,16H2;1H. The Bertz CT molecular complexity index is 508.